The van der Waals surface area contributed by atoms with Crippen LogP contribution in [0.1, 0.15) is 41.0 Å². The van der Waals surface area contributed by atoms with Gasteiger partial charge in [-0.15, -0.1) is 0 Å². The number of nitrogens with zero attached hydrogens (tertiary/aromatic N) is 1. The van der Waals surface area contributed by atoms with Crippen LogP contribution < -0.4 is 5.32 Å². The highest BCUT2D eigenvalue weighted by molar-refractivity contribution is 5.43. The molecule has 2 aliphatic carbocycles. The number of aryl methyl sites for hydroxylation is 1. The van der Waals surface area contributed by atoms with Gasteiger partial charge in [-0.3, -0.25) is 0 Å². The lowest BCUT2D eigenvalue weighted by atomic mass is 9.92. The van der Waals surface area contributed by atoms with Gasteiger partial charge in [0.05, 0.1) is 12.7 Å². The second-order valence-electron chi connectivity index (χ2n) is 5.64. The van der Waals surface area contributed by atoms with E-state index in [1.807, 2.05) is 13.2 Å². The summed E-state index contributed by atoms with van der Waals surface area (Å²) in [5.41, 5.74) is 3.07. The first-order valence-electron chi connectivity index (χ1n) is 7.05. The molecule has 3 nitrogen and oxygen atoms in total. The van der Waals surface area contributed by atoms with Crippen molar-refractivity contribution in [3.05, 3.63) is 53.2 Å². The third-order valence-electron chi connectivity index (χ3n) is 4.56. The minimum absolute atomic E-state index is 0.557. The van der Waals surface area contributed by atoms with E-state index in [4.69, 9.17) is 4.42 Å². The van der Waals surface area contributed by atoms with Gasteiger partial charge in [0.25, 0.3) is 0 Å². The van der Waals surface area contributed by atoms with Crippen LogP contribution in [0.25, 0.3) is 0 Å². The molecule has 1 saturated carbocycles. The Morgan fingerprint density at radius 1 is 1.32 bits per heavy atom. The van der Waals surface area contributed by atoms with E-state index >= 15 is 0 Å². The molecule has 0 amide bonds. The number of nitrogens with one attached hydrogen (secondary N) is 1. The fourth-order valence-electron chi connectivity index (χ4n) is 3.67. The zero-order chi connectivity index (χ0) is 12.8. The maximum Gasteiger partial charge on any atom is 0.208 e. The Balaban J connectivity index is 1.62. The lowest BCUT2D eigenvalue weighted by Gasteiger charge is -2.13. The largest absolute Gasteiger partial charge is 0.444 e. The first-order chi connectivity index (χ1) is 9.38. The highest BCUT2D eigenvalue weighted by atomic mass is 16.4. The normalized spacial score (nSPS) is 27.7. The van der Waals surface area contributed by atoms with Gasteiger partial charge in [-0.25, -0.2) is 4.98 Å². The zero-order valence-electron chi connectivity index (χ0n) is 11.1. The Bertz CT molecular complexity index is 604. The summed E-state index contributed by atoms with van der Waals surface area (Å²) in [4.78, 5) is 4.35. The van der Waals surface area contributed by atoms with Crippen molar-refractivity contribution < 1.29 is 4.42 Å². The molecule has 3 unspecified atom stereocenters. The van der Waals surface area contributed by atoms with Crippen LogP contribution in [-0.4, -0.2) is 12.0 Å². The van der Waals surface area contributed by atoms with Crippen LogP contribution in [0.3, 0.4) is 0 Å². The van der Waals surface area contributed by atoms with Gasteiger partial charge < -0.3 is 9.73 Å². The monoisotopic (exact) mass is 254 g/mol. The summed E-state index contributed by atoms with van der Waals surface area (Å²) in [6, 6.07) is 8.87. The highest BCUT2D eigenvalue weighted by Crippen LogP contribution is 2.65. The maximum absolute atomic E-state index is 5.88. The van der Waals surface area contributed by atoms with Gasteiger partial charge in [-0.1, -0.05) is 24.3 Å². The van der Waals surface area contributed by atoms with Gasteiger partial charge in [0.2, 0.25) is 5.89 Å². The smallest absolute Gasteiger partial charge is 0.208 e. The van der Waals surface area contributed by atoms with Gasteiger partial charge in [0.1, 0.15) is 5.76 Å². The Hall–Kier alpha value is -1.61. The molecule has 0 bridgehead atoms. The molecule has 1 aromatic heterocycles. The molecule has 1 N–H and O–H groups in total. The molecule has 1 heterocycles. The van der Waals surface area contributed by atoms with Crippen molar-refractivity contribution in [3.63, 3.8) is 0 Å². The lowest BCUT2D eigenvalue weighted by Crippen LogP contribution is -2.04. The first kappa shape index (κ1) is 11.2. The molecule has 19 heavy (non-hydrogen) atoms. The topological polar surface area (TPSA) is 38.1 Å². The molecular formula is C16H18N2O. The molecule has 0 radical (unpaired) electrons. The molecule has 1 fully saturated rings. The van der Waals surface area contributed by atoms with Crippen molar-refractivity contribution in [1.82, 2.24) is 10.3 Å². The van der Waals surface area contributed by atoms with Crippen LogP contribution in [0.5, 0.6) is 0 Å². The van der Waals surface area contributed by atoms with Crippen molar-refractivity contribution in [3.8, 4) is 0 Å². The van der Waals surface area contributed by atoms with Crippen LogP contribution in [0.15, 0.2) is 34.9 Å². The highest BCUT2D eigenvalue weighted by Gasteiger charge is 2.55. The summed E-state index contributed by atoms with van der Waals surface area (Å²) in [5.74, 6) is 3.87. The first-order valence-corrected chi connectivity index (χ1v) is 7.05. The van der Waals surface area contributed by atoms with Gasteiger partial charge >= 0.3 is 0 Å². The standard InChI is InChI=1S/C16H18N2O/c1-17-9-14-18-8-13(19-14)16-12-7-6-10-4-2-3-5-11(10)15(12)16/h2-5,8,12,15-17H,6-7,9H2,1H3. The fraction of sp³-hybridized carbons (Fsp3) is 0.438. The number of aromatic nitrogens is 1. The Morgan fingerprint density at radius 2 is 2.21 bits per heavy atom. The summed E-state index contributed by atoms with van der Waals surface area (Å²) in [6.45, 7) is 0.707. The van der Waals surface area contributed by atoms with Crippen molar-refractivity contribution in [2.75, 3.05) is 7.05 Å². The van der Waals surface area contributed by atoms with Gasteiger partial charge in [-0.2, -0.15) is 0 Å². The van der Waals surface area contributed by atoms with Crippen molar-refractivity contribution in [2.24, 2.45) is 5.92 Å². The van der Waals surface area contributed by atoms with Crippen LogP contribution in [0, 0.1) is 5.92 Å². The summed E-state index contributed by atoms with van der Waals surface area (Å²) in [7, 11) is 1.91. The summed E-state index contributed by atoms with van der Waals surface area (Å²) >= 11 is 0. The number of oxazole rings is 1. The third-order valence-corrected chi connectivity index (χ3v) is 4.56. The molecule has 0 saturated heterocycles. The Labute approximate surface area is 113 Å². The number of rotatable bonds is 3. The van der Waals surface area contributed by atoms with E-state index in [-0.39, 0.29) is 0 Å². The van der Waals surface area contributed by atoms with E-state index in [1.54, 1.807) is 0 Å². The molecule has 4 rings (SSSR count). The van der Waals surface area contributed by atoms with Gasteiger partial charge in [0.15, 0.2) is 0 Å². The lowest BCUT2D eigenvalue weighted by molar-refractivity contribution is 0.438. The van der Waals surface area contributed by atoms with E-state index in [1.165, 1.54) is 24.0 Å². The summed E-state index contributed by atoms with van der Waals surface area (Å²) in [6.07, 6.45) is 4.43. The van der Waals surface area contributed by atoms with Crippen LogP contribution in [-0.2, 0) is 13.0 Å². The second-order valence-corrected chi connectivity index (χ2v) is 5.64. The number of benzene rings is 1. The molecule has 1 aromatic carbocycles. The zero-order valence-corrected chi connectivity index (χ0v) is 11.1. The van der Waals surface area contributed by atoms with Crippen molar-refractivity contribution >= 4 is 0 Å². The van der Waals surface area contributed by atoms with Crippen LogP contribution >= 0.6 is 0 Å². The quantitative estimate of drug-likeness (QED) is 0.915. The van der Waals surface area contributed by atoms with Gasteiger partial charge in [0, 0.05) is 5.92 Å². The molecule has 2 aliphatic rings. The molecule has 2 aromatic rings. The van der Waals surface area contributed by atoms with E-state index in [0.717, 1.165) is 17.6 Å². The maximum atomic E-state index is 5.88. The number of hydrogen-bond donors (Lipinski definition) is 1. The van der Waals surface area contributed by atoms with E-state index in [9.17, 15) is 0 Å². The second kappa shape index (κ2) is 4.20. The molecule has 0 aliphatic heterocycles. The van der Waals surface area contributed by atoms with E-state index in [2.05, 4.69) is 34.6 Å². The minimum Gasteiger partial charge on any atom is -0.444 e. The molecular weight excluding hydrogens is 236 g/mol. The SMILES string of the molecule is CNCc1ncc(C2C3CCc4ccccc4C32)o1. The third kappa shape index (κ3) is 1.72. The summed E-state index contributed by atoms with van der Waals surface area (Å²) < 4.78 is 5.88. The molecule has 3 atom stereocenters. The number of hydrogen-bond acceptors (Lipinski definition) is 3. The number of fused-ring (bicyclic) bond motifs is 3. The molecule has 3 heteroatoms. The molecule has 98 valence electrons. The van der Waals surface area contributed by atoms with E-state index in [0.29, 0.717) is 18.4 Å². The van der Waals surface area contributed by atoms with Crippen LogP contribution in [0.4, 0.5) is 0 Å². The van der Waals surface area contributed by atoms with Crippen LogP contribution in [0.2, 0.25) is 0 Å². The minimum atomic E-state index is 0.557. The fourth-order valence-corrected chi connectivity index (χ4v) is 3.67. The average Bonchev–Trinajstić information content (AvgIpc) is 3.02. The van der Waals surface area contributed by atoms with Crippen molar-refractivity contribution in [1.29, 1.82) is 0 Å². The summed E-state index contributed by atoms with van der Waals surface area (Å²) in [5, 5.41) is 3.08. The predicted molar refractivity (Wildman–Crippen MR) is 73.0 cm³/mol. The Morgan fingerprint density at radius 3 is 3.11 bits per heavy atom. The predicted octanol–water partition coefficient (Wildman–Crippen LogP) is 2.84. The average molecular weight is 254 g/mol. The van der Waals surface area contributed by atoms with Crippen molar-refractivity contribution in [2.45, 2.75) is 31.2 Å². The molecule has 0 spiro atoms. The van der Waals surface area contributed by atoms with Gasteiger partial charge in [-0.05, 0) is 42.9 Å². The van der Waals surface area contributed by atoms with E-state index < -0.39 is 0 Å². The Kier molecular flexibility index (Phi) is 2.49.